The number of benzene rings is 2. The van der Waals surface area contributed by atoms with Gasteiger partial charge in [0.1, 0.15) is 29.2 Å². The molecule has 1 fully saturated rings. The predicted octanol–water partition coefficient (Wildman–Crippen LogP) is 5.41. The van der Waals surface area contributed by atoms with Crippen LogP contribution in [0.25, 0.3) is 11.0 Å². The molecule has 30 heavy (non-hydrogen) atoms. The van der Waals surface area contributed by atoms with E-state index < -0.39 is 11.7 Å². The third-order valence-electron chi connectivity index (χ3n) is 5.59. The number of nitrogens with zero attached hydrogens (tertiary/aromatic N) is 2. The number of alkyl halides is 3. The van der Waals surface area contributed by atoms with Gasteiger partial charge in [0.25, 0.3) is 0 Å². The average Bonchev–Trinajstić information content (AvgIpc) is 3.08. The first kappa shape index (κ1) is 17.3. The van der Waals surface area contributed by atoms with Crippen molar-refractivity contribution in [1.82, 2.24) is 15.0 Å². The molecule has 0 radical (unpaired) electrons. The van der Waals surface area contributed by atoms with Crippen LogP contribution in [0.5, 0.6) is 17.2 Å². The van der Waals surface area contributed by atoms with Gasteiger partial charge in [-0.2, -0.15) is 13.2 Å². The lowest BCUT2D eigenvalue weighted by atomic mass is 10.1. The number of rotatable bonds is 3. The van der Waals surface area contributed by atoms with Crippen molar-refractivity contribution in [2.75, 3.05) is 0 Å². The molecule has 1 N–H and O–H groups in total. The van der Waals surface area contributed by atoms with Crippen LogP contribution in [0.1, 0.15) is 28.8 Å². The van der Waals surface area contributed by atoms with Gasteiger partial charge in [0, 0.05) is 23.9 Å². The van der Waals surface area contributed by atoms with Gasteiger partial charge in [-0.3, -0.25) is 4.98 Å². The summed E-state index contributed by atoms with van der Waals surface area (Å²) in [5, 5.41) is 0. The summed E-state index contributed by atoms with van der Waals surface area (Å²) in [7, 11) is 0. The summed E-state index contributed by atoms with van der Waals surface area (Å²) in [5.74, 6) is 2.91. The number of hydrogen-bond acceptors (Lipinski definition) is 4. The summed E-state index contributed by atoms with van der Waals surface area (Å²) >= 11 is 0. The summed E-state index contributed by atoms with van der Waals surface area (Å²) in [6, 6.07) is 12.8. The van der Waals surface area contributed by atoms with Gasteiger partial charge >= 0.3 is 6.18 Å². The van der Waals surface area contributed by atoms with Crippen LogP contribution < -0.4 is 9.47 Å². The van der Waals surface area contributed by atoms with Crippen molar-refractivity contribution in [2.24, 2.45) is 0 Å². The van der Waals surface area contributed by atoms with Gasteiger partial charge in [-0.05, 0) is 48.5 Å². The Labute approximate surface area is 168 Å². The molecule has 1 aliphatic heterocycles. The molecular formula is C22H14F3N3O2. The minimum Gasteiger partial charge on any atom is -0.489 e. The Balaban J connectivity index is 1.28. The third kappa shape index (κ3) is 2.71. The Morgan fingerprint density at radius 2 is 1.77 bits per heavy atom. The first-order valence-electron chi connectivity index (χ1n) is 9.43. The molecule has 1 saturated carbocycles. The van der Waals surface area contributed by atoms with Crippen LogP contribution in [0.2, 0.25) is 0 Å². The zero-order chi connectivity index (χ0) is 20.5. The largest absolute Gasteiger partial charge is 0.489 e. The molecule has 0 saturated heterocycles. The Bertz CT molecular complexity index is 1270. The van der Waals surface area contributed by atoms with Crippen LogP contribution in [0.3, 0.4) is 0 Å². The molecule has 1 aliphatic carbocycles. The van der Waals surface area contributed by atoms with Crippen molar-refractivity contribution < 1.29 is 22.6 Å². The van der Waals surface area contributed by atoms with Crippen LogP contribution in [-0.2, 0) is 6.18 Å². The summed E-state index contributed by atoms with van der Waals surface area (Å²) < 4.78 is 50.8. The van der Waals surface area contributed by atoms with Crippen LogP contribution in [0.15, 0.2) is 60.9 Å². The fourth-order valence-corrected chi connectivity index (χ4v) is 4.14. The smallest absolute Gasteiger partial charge is 0.416 e. The number of ether oxygens (including phenoxy) is 2. The molecule has 6 rings (SSSR count). The van der Waals surface area contributed by atoms with E-state index in [1.165, 1.54) is 6.07 Å². The number of aromatic nitrogens is 3. The lowest BCUT2D eigenvalue weighted by Gasteiger charge is -2.10. The fraction of sp³-hybridized carbons (Fsp3) is 0.182. The highest BCUT2D eigenvalue weighted by atomic mass is 19.4. The highest BCUT2D eigenvalue weighted by molar-refractivity contribution is 5.76. The molecule has 2 aromatic heterocycles. The third-order valence-corrected chi connectivity index (χ3v) is 5.59. The molecule has 3 heterocycles. The Hall–Kier alpha value is -3.55. The van der Waals surface area contributed by atoms with E-state index in [0.29, 0.717) is 28.4 Å². The summed E-state index contributed by atoms with van der Waals surface area (Å²) in [6.07, 6.45) is -1.14. The molecule has 8 heteroatoms. The van der Waals surface area contributed by atoms with Crippen molar-refractivity contribution in [3.8, 4) is 17.2 Å². The minimum atomic E-state index is -4.39. The van der Waals surface area contributed by atoms with Gasteiger partial charge in [0.15, 0.2) is 0 Å². The minimum absolute atomic E-state index is 0.0181. The first-order chi connectivity index (χ1) is 14.5. The maximum absolute atomic E-state index is 13.0. The number of fused-ring (bicyclic) bond motifs is 4. The molecular weight excluding hydrogens is 395 g/mol. The molecule has 2 aliphatic rings. The molecule has 2 unspecified atom stereocenters. The second kappa shape index (κ2) is 5.98. The lowest BCUT2D eigenvalue weighted by Crippen LogP contribution is -2.04. The number of hydrogen-bond donors (Lipinski definition) is 1. The van der Waals surface area contributed by atoms with Gasteiger partial charge in [-0.1, -0.05) is 0 Å². The van der Waals surface area contributed by atoms with Crippen LogP contribution >= 0.6 is 0 Å². The van der Waals surface area contributed by atoms with Crippen molar-refractivity contribution in [3.05, 3.63) is 77.9 Å². The van der Waals surface area contributed by atoms with Crippen molar-refractivity contribution in [2.45, 2.75) is 24.1 Å². The van der Waals surface area contributed by atoms with Gasteiger partial charge in [-0.25, -0.2) is 4.98 Å². The van der Waals surface area contributed by atoms with Crippen molar-refractivity contribution in [1.29, 1.82) is 0 Å². The van der Waals surface area contributed by atoms with Gasteiger partial charge in [0.05, 0.1) is 22.5 Å². The van der Waals surface area contributed by atoms with E-state index in [1.807, 2.05) is 18.2 Å². The number of imidazole rings is 1. The SMILES string of the molecule is FC(F)(F)c1ccc2nc(C3C4Oc5ccc(Oc6ccncc6)cc5[C@H]43)[nH]c2c1. The van der Waals surface area contributed by atoms with E-state index in [0.717, 1.165) is 23.4 Å². The average molecular weight is 409 g/mol. The quantitative estimate of drug-likeness (QED) is 0.492. The van der Waals surface area contributed by atoms with E-state index in [1.54, 1.807) is 24.5 Å². The molecule has 0 bridgehead atoms. The number of halogens is 3. The first-order valence-corrected chi connectivity index (χ1v) is 9.43. The van der Waals surface area contributed by atoms with E-state index >= 15 is 0 Å². The van der Waals surface area contributed by atoms with Gasteiger partial charge in [0.2, 0.25) is 0 Å². The second-order valence-corrected chi connectivity index (χ2v) is 7.47. The molecule has 4 aromatic rings. The summed E-state index contributed by atoms with van der Waals surface area (Å²) in [6.45, 7) is 0. The molecule has 150 valence electrons. The fourth-order valence-electron chi connectivity index (χ4n) is 4.14. The van der Waals surface area contributed by atoms with Crippen LogP contribution in [-0.4, -0.2) is 21.1 Å². The zero-order valence-corrected chi connectivity index (χ0v) is 15.4. The van der Waals surface area contributed by atoms with E-state index in [-0.39, 0.29) is 17.9 Å². The molecule has 2 aromatic carbocycles. The zero-order valence-electron chi connectivity index (χ0n) is 15.4. The Morgan fingerprint density at radius 1 is 0.933 bits per heavy atom. The number of aromatic amines is 1. The topological polar surface area (TPSA) is 60.0 Å². The predicted molar refractivity (Wildman–Crippen MR) is 102 cm³/mol. The standard InChI is InChI=1S/C22H14F3N3O2/c23-22(24,25)11-1-3-15-16(9-11)28-21(27-15)19-18-14-10-13(2-4-17(14)30-20(18)19)29-12-5-7-26-8-6-12/h1-10,18-20H,(H,27,28)/t18-,19?,20?/m0/s1. The van der Waals surface area contributed by atoms with Crippen LogP contribution in [0, 0.1) is 0 Å². The number of nitrogens with one attached hydrogen (secondary N) is 1. The van der Waals surface area contributed by atoms with Gasteiger partial charge < -0.3 is 14.5 Å². The second-order valence-electron chi connectivity index (χ2n) is 7.47. The highest BCUT2D eigenvalue weighted by Crippen LogP contribution is 2.63. The molecule has 0 spiro atoms. The van der Waals surface area contributed by atoms with Crippen molar-refractivity contribution in [3.63, 3.8) is 0 Å². The highest BCUT2D eigenvalue weighted by Gasteiger charge is 2.61. The van der Waals surface area contributed by atoms with Crippen LogP contribution in [0.4, 0.5) is 13.2 Å². The number of H-pyrrole nitrogens is 1. The molecule has 3 atom stereocenters. The maximum Gasteiger partial charge on any atom is 0.416 e. The normalized spacial score (nSPS) is 21.8. The summed E-state index contributed by atoms with van der Waals surface area (Å²) in [4.78, 5) is 11.5. The number of pyridine rings is 1. The molecule has 5 nitrogen and oxygen atoms in total. The molecule has 0 amide bonds. The monoisotopic (exact) mass is 409 g/mol. The maximum atomic E-state index is 13.0. The lowest BCUT2D eigenvalue weighted by molar-refractivity contribution is -0.137. The van der Waals surface area contributed by atoms with E-state index in [9.17, 15) is 13.2 Å². The summed E-state index contributed by atoms with van der Waals surface area (Å²) in [5.41, 5.74) is 1.21. The van der Waals surface area contributed by atoms with Gasteiger partial charge in [-0.15, -0.1) is 0 Å². The van der Waals surface area contributed by atoms with Crippen molar-refractivity contribution >= 4 is 11.0 Å². The van der Waals surface area contributed by atoms with E-state index in [4.69, 9.17) is 9.47 Å². The Kier molecular flexibility index (Phi) is 3.45. The van der Waals surface area contributed by atoms with E-state index in [2.05, 4.69) is 15.0 Å². The Morgan fingerprint density at radius 3 is 2.57 bits per heavy atom.